The normalized spacial score (nSPS) is 10.9. The Balaban J connectivity index is 2.13. The van der Waals surface area contributed by atoms with Gasteiger partial charge in [0.05, 0.1) is 16.8 Å². The second-order valence-corrected chi connectivity index (χ2v) is 5.54. The molecule has 0 atom stereocenters. The summed E-state index contributed by atoms with van der Waals surface area (Å²) in [5.74, 6) is 0.666. The second kappa shape index (κ2) is 4.75. The number of nitrogens with zero attached hydrogens (tertiary/aromatic N) is 4. The molecule has 0 bridgehead atoms. The minimum Gasteiger partial charge on any atom is -0.275 e. The van der Waals surface area contributed by atoms with E-state index in [9.17, 15) is 0 Å². The van der Waals surface area contributed by atoms with Crippen LogP contribution in [-0.2, 0) is 7.05 Å². The topological polar surface area (TPSA) is 43.6 Å². The van der Waals surface area contributed by atoms with Gasteiger partial charge in [-0.3, -0.25) is 4.68 Å². The summed E-state index contributed by atoms with van der Waals surface area (Å²) in [6.45, 7) is 2.04. The van der Waals surface area contributed by atoms with Crippen LogP contribution in [0.15, 0.2) is 29.9 Å². The zero-order valence-corrected chi connectivity index (χ0v) is 12.0. The molecule has 0 spiro atoms. The lowest BCUT2D eigenvalue weighted by molar-refractivity contribution is 0.768. The number of thiophene rings is 1. The van der Waals surface area contributed by atoms with Crippen molar-refractivity contribution >= 4 is 22.9 Å². The fourth-order valence-electron chi connectivity index (χ4n) is 1.82. The number of hydrogen-bond donors (Lipinski definition) is 0. The molecule has 0 radical (unpaired) electrons. The number of rotatable bonds is 2. The van der Waals surface area contributed by atoms with Crippen LogP contribution in [0.25, 0.3) is 22.0 Å². The van der Waals surface area contributed by atoms with Crippen LogP contribution in [0.3, 0.4) is 0 Å². The molecule has 0 N–H and O–H groups in total. The van der Waals surface area contributed by atoms with Gasteiger partial charge in [-0.2, -0.15) is 5.10 Å². The summed E-state index contributed by atoms with van der Waals surface area (Å²) in [5, 5.41) is 6.62. The van der Waals surface area contributed by atoms with Crippen LogP contribution < -0.4 is 0 Å². The Labute approximate surface area is 119 Å². The van der Waals surface area contributed by atoms with Gasteiger partial charge in [-0.05, 0) is 23.9 Å². The monoisotopic (exact) mass is 290 g/mol. The Morgan fingerprint density at radius 3 is 2.79 bits per heavy atom. The summed E-state index contributed by atoms with van der Waals surface area (Å²) in [4.78, 5) is 9.94. The highest BCUT2D eigenvalue weighted by Gasteiger charge is 2.11. The third-order valence-electron chi connectivity index (χ3n) is 2.76. The smallest absolute Gasteiger partial charge is 0.171 e. The maximum Gasteiger partial charge on any atom is 0.171 e. The predicted molar refractivity (Wildman–Crippen MR) is 77.3 cm³/mol. The standard InChI is InChI=1S/C13H11ClN4S/c1-8-3-4-19-12(8)13-16-10(5-11(14)17-13)9-6-15-18(2)7-9/h3-7H,1-2H3. The fourth-order valence-corrected chi connectivity index (χ4v) is 2.86. The van der Waals surface area contributed by atoms with Gasteiger partial charge in [0.1, 0.15) is 5.15 Å². The molecule has 0 unspecified atom stereocenters. The molecule has 3 rings (SSSR count). The Bertz CT molecular complexity index is 732. The van der Waals surface area contributed by atoms with Crippen molar-refractivity contribution in [3.8, 4) is 22.0 Å². The lowest BCUT2D eigenvalue weighted by atomic mass is 10.2. The molecule has 0 fully saturated rings. The third-order valence-corrected chi connectivity index (χ3v) is 3.97. The molecule has 0 aliphatic rings. The molecule has 19 heavy (non-hydrogen) atoms. The molecular formula is C13H11ClN4S. The first kappa shape index (κ1) is 12.3. The maximum atomic E-state index is 6.10. The minimum absolute atomic E-state index is 0.441. The first-order chi connectivity index (χ1) is 9.13. The summed E-state index contributed by atoms with van der Waals surface area (Å²) in [5.41, 5.74) is 2.88. The van der Waals surface area contributed by atoms with E-state index in [1.807, 2.05) is 31.6 Å². The van der Waals surface area contributed by atoms with E-state index < -0.39 is 0 Å². The first-order valence-corrected chi connectivity index (χ1v) is 6.97. The highest BCUT2D eigenvalue weighted by atomic mass is 35.5. The van der Waals surface area contributed by atoms with Gasteiger partial charge in [0.15, 0.2) is 5.82 Å². The molecular weight excluding hydrogens is 280 g/mol. The van der Waals surface area contributed by atoms with Crippen LogP contribution in [0.2, 0.25) is 5.15 Å². The summed E-state index contributed by atoms with van der Waals surface area (Å²) >= 11 is 7.72. The van der Waals surface area contributed by atoms with Gasteiger partial charge in [-0.1, -0.05) is 11.6 Å². The summed E-state index contributed by atoms with van der Waals surface area (Å²) in [7, 11) is 1.87. The summed E-state index contributed by atoms with van der Waals surface area (Å²) in [6, 6.07) is 3.80. The Hall–Kier alpha value is -1.72. The van der Waals surface area contributed by atoms with E-state index in [1.165, 1.54) is 0 Å². The van der Waals surface area contributed by atoms with Crippen molar-refractivity contribution in [3.63, 3.8) is 0 Å². The molecule has 0 aromatic carbocycles. The fraction of sp³-hybridized carbons (Fsp3) is 0.154. The van der Waals surface area contributed by atoms with Gasteiger partial charge in [0.25, 0.3) is 0 Å². The van der Waals surface area contributed by atoms with Gasteiger partial charge >= 0.3 is 0 Å². The highest BCUT2D eigenvalue weighted by Crippen LogP contribution is 2.29. The van der Waals surface area contributed by atoms with Gasteiger partial charge in [-0.25, -0.2) is 9.97 Å². The minimum atomic E-state index is 0.441. The highest BCUT2D eigenvalue weighted by molar-refractivity contribution is 7.13. The predicted octanol–water partition coefficient (Wildman–Crippen LogP) is 3.57. The molecule has 96 valence electrons. The number of aryl methyl sites for hydroxylation is 2. The number of aromatic nitrogens is 4. The van der Waals surface area contributed by atoms with Crippen molar-refractivity contribution < 1.29 is 0 Å². The number of halogens is 1. The Morgan fingerprint density at radius 2 is 2.16 bits per heavy atom. The SMILES string of the molecule is Cc1ccsc1-c1nc(Cl)cc(-c2cnn(C)c2)n1. The average Bonchev–Trinajstić information content (AvgIpc) is 2.97. The molecule has 0 saturated heterocycles. The Kier molecular flexibility index (Phi) is 3.08. The van der Waals surface area contributed by atoms with Crippen molar-refractivity contribution in [2.24, 2.45) is 7.05 Å². The lowest BCUT2D eigenvalue weighted by Crippen LogP contribution is -1.92. The van der Waals surface area contributed by atoms with Crippen LogP contribution in [0, 0.1) is 6.92 Å². The second-order valence-electron chi connectivity index (χ2n) is 4.23. The Morgan fingerprint density at radius 1 is 1.32 bits per heavy atom. The van der Waals surface area contributed by atoms with Gasteiger partial charge in [-0.15, -0.1) is 11.3 Å². The largest absolute Gasteiger partial charge is 0.275 e. The summed E-state index contributed by atoms with van der Waals surface area (Å²) in [6.07, 6.45) is 3.67. The third kappa shape index (κ3) is 2.39. The first-order valence-electron chi connectivity index (χ1n) is 5.71. The van der Waals surface area contributed by atoms with Crippen LogP contribution in [-0.4, -0.2) is 19.7 Å². The molecule has 3 aromatic rings. The van der Waals surface area contributed by atoms with Crippen LogP contribution in [0.4, 0.5) is 0 Å². The van der Waals surface area contributed by atoms with E-state index >= 15 is 0 Å². The van der Waals surface area contributed by atoms with E-state index in [-0.39, 0.29) is 0 Å². The number of hydrogen-bond acceptors (Lipinski definition) is 4. The maximum absolute atomic E-state index is 6.10. The average molecular weight is 291 g/mol. The van der Waals surface area contributed by atoms with Crippen molar-refractivity contribution in [1.82, 2.24) is 19.7 Å². The zero-order chi connectivity index (χ0) is 13.4. The molecule has 0 aliphatic carbocycles. The van der Waals surface area contributed by atoms with Crippen LogP contribution in [0.1, 0.15) is 5.56 Å². The molecule has 0 amide bonds. The quantitative estimate of drug-likeness (QED) is 0.678. The van der Waals surface area contributed by atoms with Crippen molar-refractivity contribution in [3.05, 3.63) is 40.6 Å². The molecule has 0 saturated carbocycles. The van der Waals surface area contributed by atoms with Gasteiger partial charge in [0.2, 0.25) is 0 Å². The van der Waals surface area contributed by atoms with Gasteiger partial charge in [0, 0.05) is 24.9 Å². The van der Waals surface area contributed by atoms with E-state index in [2.05, 4.69) is 15.1 Å². The van der Waals surface area contributed by atoms with Crippen molar-refractivity contribution in [2.75, 3.05) is 0 Å². The van der Waals surface area contributed by atoms with Crippen LogP contribution >= 0.6 is 22.9 Å². The molecule has 6 heteroatoms. The van der Waals surface area contributed by atoms with Crippen molar-refractivity contribution in [1.29, 1.82) is 0 Å². The van der Waals surface area contributed by atoms with E-state index in [4.69, 9.17) is 11.6 Å². The molecule has 3 aromatic heterocycles. The lowest BCUT2D eigenvalue weighted by Gasteiger charge is -2.03. The summed E-state index contributed by atoms with van der Waals surface area (Å²) < 4.78 is 1.74. The van der Waals surface area contributed by atoms with Gasteiger partial charge < -0.3 is 0 Å². The molecule has 4 nitrogen and oxygen atoms in total. The molecule has 0 aliphatic heterocycles. The zero-order valence-electron chi connectivity index (χ0n) is 10.5. The molecule has 3 heterocycles. The van der Waals surface area contributed by atoms with E-state index in [0.717, 1.165) is 21.7 Å². The van der Waals surface area contributed by atoms with E-state index in [1.54, 1.807) is 28.3 Å². The van der Waals surface area contributed by atoms with E-state index in [0.29, 0.717) is 11.0 Å². The van der Waals surface area contributed by atoms with Crippen LogP contribution in [0.5, 0.6) is 0 Å². The van der Waals surface area contributed by atoms with Crippen molar-refractivity contribution in [2.45, 2.75) is 6.92 Å².